The molecular formula is C20H18ClN3O2. The van der Waals surface area contributed by atoms with E-state index in [0.717, 1.165) is 29.4 Å². The molecule has 1 aliphatic rings. The molecule has 3 aromatic rings. The average molecular weight is 368 g/mol. The first-order valence-electron chi connectivity index (χ1n) is 8.49. The number of carbonyl (C=O) groups excluding carboxylic acids is 1. The van der Waals surface area contributed by atoms with Gasteiger partial charge in [-0.05, 0) is 47.6 Å². The number of pyridine rings is 1. The number of fused-ring (bicyclic) bond motifs is 1. The molecule has 26 heavy (non-hydrogen) atoms. The lowest BCUT2D eigenvalue weighted by atomic mass is 10.0. The Morgan fingerprint density at radius 2 is 1.92 bits per heavy atom. The summed E-state index contributed by atoms with van der Waals surface area (Å²) in [6, 6.07) is 15.1. The molecule has 0 aliphatic heterocycles. The van der Waals surface area contributed by atoms with Crippen molar-refractivity contribution in [3.8, 4) is 0 Å². The maximum absolute atomic E-state index is 12.2. The van der Waals surface area contributed by atoms with Crippen LogP contribution in [0.3, 0.4) is 0 Å². The van der Waals surface area contributed by atoms with Crippen molar-refractivity contribution in [2.24, 2.45) is 0 Å². The number of carbonyl (C=O) groups is 1. The zero-order valence-corrected chi connectivity index (χ0v) is 14.8. The van der Waals surface area contributed by atoms with E-state index < -0.39 is 0 Å². The van der Waals surface area contributed by atoms with E-state index >= 15 is 0 Å². The van der Waals surface area contributed by atoms with Crippen LogP contribution in [-0.4, -0.2) is 10.9 Å². The van der Waals surface area contributed by atoms with Gasteiger partial charge in [-0.15, -0.1) is 0 Å². The maximum Gasteiger partial charge on any atom is 0.255 e. The predicted octanol–water partition coefficient (Wildman–Crippen LogP) is 3.03. The molecule has 0 saturated heterocycles. The highest BCUT2D eigenvalue weighted by Gasteiger charge is 2.46. The van der Waals surface area contributed by atoms with Crippen molar-refractivity contribution in [2.45, 2.75) is 24.8 Å². The lowest BCUT2D eigenvalue weighted by molar-refractivity contribution is -0.121. The van der Waals surface area contributed by atoms with Gasteiger partial charge in [0.2, 0.25) is 5.91 Å². The molecule has 1 heterocycles. The molecule has 4 rings (SSSR count). The van der Waals surface area contributed by atoms with Crippen LogP contribution >= 0.6 is 11.6 Å². The van der Waals surface area contributed by atoms with Crippen LogP contribution in [0.15, 0.2) is 59.5 Å². The zero-order chi connectivity index (χ0) is 18.1. The number of benzene rings is 2. The molecule has 132 valence electrons. The lowest BCUT2D eigenvalue weighted by Gasteiger charge is -2.20. The van der Waals surface area contributed by atoms with E-state index in [1.165, 1.54) is 0 Å². The van der Waals surface area contributed by atoms with Gasteiger partial charge in [0.05, 0.1) is 12.0 Å². The Kier molecular flexibility index (Phi) is 4.26. The number of hydrogen-bond donors (Lipinski definition) is 3. The van der Waals surface area contributed by atoms with Crippen LogP contribution in [0.2, 0.25) is 5.02 Å². The summed E-state index contributed by atoms with van der Waals surface area (Å²) in [6.07, 6.45) is 3.67. The van der Waals surface area contributed by atoms with Gasteiger partial charge < -0.3 is 4.98 Å². The minimum absolute atomic E-state index is 0.101. The van der Waals surface area contributed by atoms with Gasteiger partial charge in [0.25, 0.3) is 5.56 Å². The number of nitrogens with one attached hydrogen (secondary N) is 3. The summed E-state index contributed by atoms with van der Waals surface area (Å²) in [7, 11) is 0. The fourth-order valence-electron chi connectivity index (χ4n) is 3.18. The Bertz CT molecular complexity index is 1030. The molecule has 1 amide bonds. The van der Waals surface area contributed by atoms with E-state index in [1.54, 1.807) is 12.3 Å². The Morgan fingerprint density at radius 1 is 1.15 bits per heavy atom. The molecule has 3 N–H and O–H groups in total. The van der Waals surface area contributed by atoms with Crippen LogP contribution in [-0.2, 0) is 16.8 Å². The normalized spacial score (nSPS) is 15.0. The zero-order valence-electron chi connectivity index (χ0n) is 14.0. The van der Waals surface area contributed by atoms with Crippen LogP contribution in [0, 0.1) is 0 Å². The lowest BCUT2D eigenvalue weighted by Crippen LogP contribution is -2.45. The second-order valence-electron chi connectivity index (χ2n) is 6.64. The largest absolute Gasteiger partial charge is 0.329 e. The number of hydrogen-bond acceptors (Lipinski definition) is 3. The van der Waals surface area contributed by atoms with Gasteiger partial charge in [0.1, 0.15) is 0 Å². The molecule has 1 aliphatic carbocycles. The van der Waals surface area contributed by atoms with E-state index in [1.807, 2.05) is 42.5 Å². The van der Waals surface area contributed by atoms with E-state index in [0.29, 0.717) is 16.8 Å². The molecule has 6 heteroatoms. The van der Waals surface area contributed by atoms with Crippen LogP contribution in [0.5, 0.6) is 0 Å². The number of aromatic nitrogens is 1. The van der Waals surface area contributed by atoms with Gasteiger partial charge >= 0.3 is 0 Å². The first-order chi connectivity index (χ1) is 12.6. The summed E-state index contributed by atoms with van der Waals surface area (Å²) in [4.78, 5) is 26.8. The monoisotopic (exact) mass is 367 g/mol. The molecule has 1 saturated carbocycles. The van der Waals surface area contributed by atoms with Crippen LogP contribution in [0.25, 0.3) is 10.8 Å². The van der Waals surface area contributed by atoms with Crippen molar-refractivity contribution in [2.75, 3.05) is 0 Å². The van der Waals surface area contributed by atoms with Gasteiger partial charge in [-0.1, -0.05) is 41.9 Å². The summed E-state index contributed by atoms with van der Waals surface area (Å²) < 4.78 is 0. The van der Waals surface area contributed by atoms with E-state index in [9.17, 15) is 9.59 Å². The summed E-state index contributed by atoms with van der Waals surface area (Å²) in [6.45, 7) is 0. The average Bonchev–Trinajstić information content (AvgIpc) is 3.42. The van der Waals surface area contributed by atoms with Crippen LogP contribution in [0.4, 0.5) is 0 Å². The number of amides is 1. The van der Waals surface area contributed by atoms with Crippen LogP contribution in [0.1, 0.15) is 24.0 Å². The molecule has 1 fully saturated rings. The Hall–Kier alpha value is -2.63. The van der Waals surface area contributed by atoms with E-state index in [-0.39, 0.29) is 17.0 Å². The number of halogens is 1. The third kappa shape index (κ3) is 3.23. The summed E-state index contributed by atoms with van der Waals surface area (Å²) in [5.41, 5.74) is 7.28. The van der Waals surface area contributed by atoms with Crippen molar-refractivity contribution >= 4 is 28.3 Å². The van der Waals surface area contributed by atoms with E-state index in [2.05, 4.69) is 15.8 Å². The van der Waals surface area contributed by atoms with Crippen molar-refractivity contribution in [3.05, 3.63) is 81.2 Å². The molecule has 1 aromatic heterocycles. The second-order valence-corrected chi connectivity index (χ2v) is 7.05. The van der Waals surface area contributed by atoms with Crippen molar-refractivity contribution < 1.29 is 4.79 Å². The fraction of sp³-hybridized carbons (Fsp3) is 0.200. The Labute approximate surface area is 155 Å². The molecule has 0 atom stereocenters. The Morgan fingerprint density at radius 3 is 2.65 bits per heavy atom. The highest BCUT2D eigenvalue weighted by Crippen LogP contribution is 2.48. The Balaban J connectivity index is 1.52. The van der Waals surface area contributed by atoms with Gasteiger partial charge in [0.15, 0.2) is 0 Å². The molecule has 5 nitrogen and oxygen atoms in total. The first-order valence-corrected chi connectivity index (χ1v) is 8.87. The van der Waals surface area contributed by atoms with Gasteiger partial charge in [-0.3, -0.25) is 15.0 Å². The minimum Gasteiger partial charge on any atom is -0.329 e. The van der Waals surface area contributed by atoms with Crippen molar-refractivity contribution in [1.82, 2.24) is 15.8 Å². The van der Waals surface area contributed by atoms with Gasteiger partial charge in [0, 0.05) is 16.6 Å². The van der Waals surface area contributed by atoms with Gasteiger partial charge in [-0.25, -0.2) is 5.43 Å². The van der Waals surface area contributed by atoms with Gasteiger partial charge in [-0.2, -0.15) is 0 Å². The third-order valence-electron chi connectivity index (χ3n) is 4.78. The quantitative estimate of drug-likeness (QED) is 0.607. The SMILES string of the molecule is O=C(Cc1ccccc1)NNC1(c2cc3cc[nH]c(=O)c3cc2Cl)CC1. The van der Waals surface area contributed by atoms with Crippen molar-refractivity contribution in [3.63, 3.8) is 0 Å². The topological polar surface area (TPSA) is 74.0 Å². The minimum atomic E-state index is -0.375. The highest BCUT2D eigenvalue weighted by atomic mass is 35.5. The highest BCUT2D eigenvalue weighted by molar-refractivity contribution is 6.32. The second kappa shape index (κ2) is 6.59. The molecule has 2 aromatic carbocycles. The number of rotatable bonds is 5. The number of hydrazine groups is 1. The molecule has 0 spiro atoms. The van der Waals surface area contributed by atoms with Crippen LogP contribution < -0.4 is 16.4 Å². The third-order valence-corrected chi connectivity index (χ3v) is 5.09. The molecule has 0 radical (unpaired) electrons. The first kappa shape index (κ1) is 16.8. The van der Waals surface area contributed by atoms with Crippen molar-refractivity contribution in [1.29, 1.82) is 0 Å². The standard InChI is InChI=1S/C20H18ClN3O2/c21-17-12-15-14(6-9-22-19(15)26)11-16(17)20(7-8-20)24-23-18(25)10-13-4-2-1-3-5-13/h1-6,9,11-12,24H,7-8,10H2,(H,22,26)(H,23,25). The molecule has 0 unspecified atom stereocenters. The number of aromatic amines is 1. The maximum atomic E-state index is 12.2. The fourth-order valence-corrected chi connectivity index (χ4v) is 3.52. The number of H-pyrrole nitrogens is 1. The molecular weight excluding hydrogens is 350 g/mol. The summed E-state index contributed by atoms with van der Waals surface area (Å²) >= 11 is 6.44. The summed E-state index contributed by atoms with van der Waals surface area (Å²) in [5.74, 6) is -0.101. The van der Waals surface area contributed by atoms with E-state index in [4.69, 9.17) is 11.6 Å². The molecule has 0 bridgehead atoms. The smallest absolute Gasteiger partial charge is 0.255 e. The summed E-state index contributed by atoms with van der Waals surface area (Å²) in [5, 5.41) is 1.92. The predicted molar refractivity (Wildman–Crippen MR) is 102 cm³/mol.